The lowest BCUT2D eigenvalue weighted by molar-refractivity contribution is -0.132. The Kier molecular flexibility index (Phi) is 10.6. The molecule has 1 N–H and O–H groups in total. The zero-order chi connectivity index (χ0) is 32.1. The van der Waals surface area contributed by atoms with Crippen LogP contribution in [0.3, 0.4) is 0 Å². The van der Waals surface area contributed by atoms with Crippen LogP contribution >= 0.6 is 0 Å². The molecule has 7 heteroatoms. The lowest BCUT2D eigenvalue weighted by atomic mass is 9.77. The number of allylic oxidation sites excluding steroid dienone is 3. The van der Waals surface area contributed by atoms with Crippen molar-refractivity contribution < 1.29 is 33.6 Å². The first-order valence-corrected chi connectivity index (χ1v) is 15.3. The van der Waals surface area contributed by atoms with E-state index in [2.05, 4.69) is 77.9 Å². The number of rotatable bonds is 13. The van der Waals surface area contributed by atoms with Gasteiger partial charge in [-0.1, -0.05) is 90.1 Å². The Labute approximate surface area is 262 Å². The van der Waals surface area contributed by atoms with Gasteiger partial charge in [-0.05, 0) is 51.2 Å². The van der Waals surface area contributed by atoms with Gasteiger partial charge in [0.2, 0.25) is 0 Å². The van der Waals surface area contributed by atoms with E-state index in [0.717, 1.165) is 27.8 Å². The lowest BCUT2D eigenvalue weighted by Crippen LogP contribution is -2.31. The Balaban J connectivity index is 1.72. The second-order valence-electron chi connectivity index (χ2n) is 13.3. The highest BCUT2D eigenvalue weighted by atomic mass is 16.6. The lowest BCUT2D eigenvalue weighted by Gasteiger charge is -2.35. The molecule has 0 fully saturated rings. The number of hydrogen-bond acceptors (Lipinski definition) is 6. The van der Waals surface area contributed by atoms with Crippen LogP contribution in [-0.4, -0.2) is 64.9 Å². The highest BCUT2D eigenvalue weighted by molar-refractivity contribution is 5.91. The summed E-state index contributed by atoms with van der Waals surface area (Å²) in [5.74, 6) is -0.744. The number of carboxylic acids is 1. The van der Waals surface area contributed by atoms with Crippen molar-refractivity contribution in [2.24, 2.45) is 0 Å². The zero-order valence-corrected chi connectivity index (χ0v) is 27.5. The van der Waals surface area contributed by atoms with Gasteiger partial charge in [0.1, 0.15) is 18.0 Å². The van der Waals surface area contributed by atoms with Crippen molar-refractivity contribution in [2.75, 3.05) is 53.9 Å². The van der Waals surface area contributed by atoms with E-state index in [1.54, 1.807) is 26.4 Å². The monoisotopic (exact) mass is 604 g/mol. The first-order valence-electron chi connectivity index (χ1n) is 15.3. The van der Waals surface area contributed by atoms with Crippen molar-refractivity contribution in [3.63, 3.8) is 0 Å². The summed E-state index contributed by atoms with van der Waals surface area (Å²) in [7, 11) is 3.38. The molecule has 0 radical (unpaired) electrons. The van der Waals surface area contributed by atoms with Crippen molar-refractivity contribution in [1.29, 1.82) is 0 Å². The molecule has 238 valence electrons. The van der Waals surface area contributed by atoms with Crippen LogP contribution in [0.15, 0.2) is 71.5 Å². The van der Waals surface area contributed by atoms with Crippen LogP contribution in [0, 0.1) is 0 Å². The fourth-order valence-electron chi connectivity index (χ4n) is 5.82. The highest BCUT2D eigenvalue weighted by Crippen LogP contribution is 2.55. The Morgan fingerprint density at radius 1 is 0.773 bits per heavy atom. The summed E-state index contributed by atoms with van der Waals surface area (Å²) < 4.78 is 28.6. The summed E-state index contributed by atoms with van der Waals surface area (Å²) in [6.07, 6.45) is 5.85. The number of hydrogen-bond donors (Lipinski definition) is 1. The first kappa shape index (κ1) is 33.7. The molecule has 0 saturated carbocycles. The van der Waals surface area contributed by atoms with E-state index in [9.17, 15) is 9.90 Å². The predicted octanol–water partition coefficient (Wildman–Crippen LogP) is 7.07. The number of methoxy groups -OCH3 is 2. The first-order chi connectivity index (χ1) is 20.8. The molecule has 0 saturated heterocycles. The minimum Gasteiger partial charge on any atom is -0.490 e. The molecule has 44 heavy (non-hydrogen) atoms. The summed E-state index contributed by atoms with van der Waals surface area (Å²) >= 11 is 0. The molecular formula is C37H48O7. The van der Waals surface area contributed by atoms with Gasteiger partial charge in [0.25, 0.3) is 0 Å². The van der Waals surface area contributed by atoms with E-state index in [1.807, 2.05) is 6.08 Å². The van der Waals surface area contributed by atoms with Crippen molar-refractivity contribution >= 4 is 5.97 Å². The van der Waals surface area contributed by atoms with Gasteiger partial charge in [0.05, 0.1) is 38.6 Å². The van der Waals surface area contributed by atoms with Gasteiger partial charge in [-0.15, -0.1) is 0 Å². The van der Waals surface area contributed by atoms with E-state index in [-0.39, 0.29) is 23.0 Å². The highest BCUT2D eigenvalue weighted by Gasteiger charge is 2.47. The van der Waals surface area contributed by atoms with Crippen LogP contribution in [0.4, 0.5) is 0 Å². The van der Waals surface area contributed by atoms with Crippen LogP contribution in [0.1, 0.15) is 70.2 Å². The summed E-state index contributed by atoms with van der Waals surface area (Å²) in [4.78, 5) is 12.4. The van der Waals surface area contributed by atoms with Gasteiger partial charge in [-0.3, -0.25) is 0 Å². The van der Waals surface area contributed by atoms with Crippen molar-refractivity contribution in [3.05, 3.63) is 93.8 Å². The molecule has 0 spiro atoms. The number of carboxylic acid groups (broad SMARTS) is 1. The van der Waals surface area contributed by atoms with E-state index < -0.39 is 11.6 Å². The third kappa shape index (κ3) is 7.02. The average molecular weight is 605 g/mol. The van der Waals surface area contributed by atoms with E-state index in [1.165, 1.54) is 11.1 Å². The maximum Gasteiger partial charge on any atom is 0.339 e. The SMILES string of the molecule is COCCOCCOCCOC1=CC=C(C2(OC)c3cc(C(C)(C)C)ccc3-c3ccc(C(C)(C)C)cc32)CC=C1C(=O)O. The summed E-state index contributed by atoms with van der Waals surface area (Å²) in [6.45, 7) is 15.7. The maximum atomic E-state index is 12.4. The molecule has 4 rings (SSSR count). The Morgan fingerprint density at radius 2 is 1.30 bits per heavy atom. The molecule has 2 aliphatic rings. The van der Waals surface area contributed by atoms with Crippen molar-refractivity contribution in [2.45, 2.75) is 64.4 Å². The third-order valence-electron chi connectivity index (χ3n) is 8.33. The molecule has 0 aliphatic heterocycles. The van der Waals surface area contributed by atoms with Crippen LogP contribution in [0.5, 0.6) is 0 Å². The number of benzene rings is 2. The fourth-order valence-corrected chi connectivity index (χ4v) is 5.82. The molecular weight excluding hydrogens is 556 g/mol. The van der Waals surface area contributed by atoms with Crippen molar-refractivity contribution in [3.8, 4) is 11.1 Å². The normalized spacial score (nSPS) is 16.0. The number of ether oxygens (including phenoxy) is 5. The summed E-state index contributed by atoms with van der Waals surface area (Å²) in [6, 6.07) is 13.3. The van der Waals surface area contributed by atoms with Gasteiger partial charge in [0, 0.05) is 25.3 Å². The molecule has 0 aromatic heterocycles. The second-order valence-corrected chi connectivity index (χ2v) is 13.3. The predicted molar refractivity (Wildman–Crippen MR) is 173 cm³/mol. The Morgan fingerprint density at radius 3 is 1.77 bits per heavy atom. The van der Waals surface area contributed by atoms with Crippen LogP contribution in [0.25, 0.3) is 11.1 Å². The molecule has 0 atom stereocenters. The maximum absolute atomic E-state index is 12.4. The minimum atomic E-state index is -1.04. The van der Waals surface area contributed by atoms with Crippen LogP contribution < -0.4 is 0 Å². The molecule has 0 heterocycles. The molecule has 2 aromatic rings. The van der Waals surface area contributed by atoms with Gasteiger partial charge in [-0.2, -0.15) is 0 Å². The van der Waals surface area contributed by atoms with E-state index in [4.69, 9.17) is 23.7 Å². The molecule has 0 unspecified atom stereocenters. The molecule has 2 aromatic carbocycles. The minimum absolute atomic E-state index is 0.0624. The molecule has 0 bridgehead atoms. The van der Waals surface area contributed by atoms with E-state index in [0.29, 0.717) is 45.2 Å². The number of fused-ring (bicyclic) bond motifs is 3. The Bertz CT molecular complexity index is 1370. The number of carbonyl (C=O) groups is 1. The van der Waals surface area contributed by atoms with Crippen molar-refractivity contribution in [1.82, 2.24) is 0 Å². The summed E-state index contributed by atoms with van der Waals surface area (Å²) in [5.41, 5.74) is 6.87. The largest absolute Gasteiger partial charge is 0.490 e. The van der Waals surface area contributed by atoms with Gasteiger partial charge in [0.15, 0.2) is 0 Å². The fraction of sp³-hybridized carbons (Fsp3) is 0.486. The molecule has 7 nitrogen and oxygen atoms in total. The van der Waals surface area contributed by atoms with Gasteiger partial charge < -0.3 is 28.8 Å². The summed E-state index contributed by atoms with van der Waals surface area (Å²) in [5, 5.41) is 10.1. The van der Waals surface area contributed by atoms with E-state index >= 15 is 0 Å². The molecule has 2 aliphatic carbocycles. The average Bonchev–Trinajstić information content (AvgIpc) is 3.07. The second kappa shape index (κ2) is 13.8. The number of aliphatic carboxylic acids is 1. The Hall–Kier alpha value is -3.23. The van der Waals surface area contributed by atoms with Crippen LogP contribution in [-0.2, 0) is 44.9 Å². The zero-order valence-electron chi connectivity index (χ0n) is 27.5. The topological polar surface area (TPSA) is 83.5 Å². The smallest absolute Gasteiger partial charge is 0.339 e. The standard InChI is InChI=1S/C37H48O7/c1-35(2,3)26-10-13-28-29-14-11-27(36(4,5)6)24-32(29)37(41-8,31(28)23-26)25-9-15-30(34(38)39)33(16-12-25)44-22-21-43-20-19-42-18-17-40-7/h10-16,23-24H,9,17-22H2,1-8H3,(H,38,39). The van der Waals surface area contributed by atoms with Crippen LogP contribution in [0.2, 0.25) is 0 Å². The van der Waals surface area contributed by atoms with Gasteiger partial charge in [-0.25, -0.2) is 4.79 Å². The molecule has 0 amide bonds. The quantitative estimate of drug-likeness (QED) is 0.245. The third-order valence-corrected chi connectivity index (χ3v) is 8.33. The van der Waals surface area contributed by atoms with Gasteiger partial charge >= 0.3 is 5.97 Å².